The van der Waals surface area contributed by atoms with E-state index < -0.39 is 0 Å². The highest BCUT2D eigenvalue weighted by Crippen LogP contribution is 2.19. The molecule has 1 N–H and O–H groups in total. The van der Waals surface area contributed by atoms with Gasteiger partial charge >= 0.3 is 0 Å². The molecule has 2 heterocycles. The molecule has 1 fully saturated rings. The summed E-state index contributed by atoms with van der Waals surface area (Å²) in [6.45, 7) is 3.64. The van der Waals surface area contributed by atoms with E-state index in [0.29, 0.717) is 6.04 Å². The SMILES string of the molecule is Cc1cccc(OCC(=O)N2CCC[C@H](Nc3ccc(N(C)C)nc3)CC2)c1. The smallest absolute Gasteiger partial charge is 0.260 e. The summed E-state index contributed by atoms with van der Waals surface area (Å²) in [5.74, 6) is 1.74. The number of hydrogen-bond donors (Lipinski definition) is 1. The first-order valence-electron chi connectivity index (χ1n) is 9.88. The second-order valence-electron chi connectivity index (χ2n) is 7.56. The molecule has 6 nitrogen and oxygen atoms in total. The van der Waals surface area contributed by atoms with Crippen LogP contribution in [0.3, 0.4) is 0 Å². The second-order valence-corrected chi connectivity index (χ2v) is 7.56. The molecule has 0 spiro atoms. The van der Waals surface area contributed by atoms with Gasteiger partial charge in [-0.05, 0) is 56.0 Å². The van der Waals surface area contributed by atoms with Crippen LogP contribution in [0.2, 0.25) is 0 Å². The predicted octanol–water partition coefficient (Wildman–Crippen LogP) is 3.33. The molecular formula is C22H30N4O2. The lowest BCUT2D eigenvalue weighted by Gasteiger charge is -2.21. The number of rotatable bonds is 6. The Labute approximate surface area is 167 Å². The van der Waals surface area contributed by atoms with Crippen LogP contribution in [-0.2, 0) is 4.79 Å². The van der Waals surface area contributed by atoms with E-state index in [-0.39, 0.29) is 12.5 Å². The molecular weight excluding hydrogens is 352 g/mol. The van der Waals surface area contributed by atoms with Crippen LogP contribution in [0.1, 0.15) is 24.8 Å². The topological polar surface area (TPSA) is 57.7 Å². The van der Waals surface area contributed by atoms with Crippen molar-refractivity contribution in [1.82, 2.24) is 9.88 Å². The number of amides is 1. The molecule has 150 valence electrons. The lowest BCUT2D eigenvalue weighted by Crippen LogP contribution is -2.36. The van der Waals surface area contributed by atoms with E-state index >= 15 is 0 Å². The minimum atomic E-state index is 0.0548. The highest BCUT2D eigenvalue weighted by molar-refractivity contribution is 5.77. The van der Waals surface area contributed by atoms with E-state index in [4.69, 9.17) is 4.74 Å². The number of pyridine rings is 1. The maximum atomic E-state index is 12.5. The van der Waals surface area contributed by atoms with Crippen LogP contribution in [0.25, 0.3) is 0 Å². The quantitative estimate of drug-likeness (QED) is 0.830. The van der Waals surface area contributed by atoms with Gasteiger partial charge in [0.1, 0.15) is 11.6 Å². The van der Waals surface area contributed by atoms with Crippen LogP contribution < -0.4 is 15.0 Å². The number of benzene rings is 1. The number of likely N-dealkylation sites (tertiary alicyclic amines) is 1. The number of aryl methyl sites for hydroxylation is 1. The number of carbonyl (C=O) groups is 1. The Hall–Kier alpha value is -2.76. The van der Waals surface area contributed by atoms with Crippen LogP contribution in [0.5, 0.6) is 5.75 Å². The summed E-state index contributed by atoms with van der Waals surface area (Å²) >= 11 is 0. The zero-order valence-corrected chi connectivity index (χ0v) is 17.0. The maximum absolute atomic E-state index is 12.5. The van der Waals surface area contributed by atoms with Crippen LogP contribution in [-0.4, -0.2) is 55.6 Å². The fourth-order valence-corrected chi connectivity index (χ4v) is 3.40. The minimum absolute atomic E-state index is 0.0548. The fraction of sp³-hybridized carbons (Fsp3) is 0.455. The number of nitrogens with zero attached hydrogens (tertiary/aromatic N) is 3. The van der Waals surface area contributed by atoms with Crippen molar-refractivity contribution in [2.75, 3.05) is 44.0 Å². The number of ether oxygens (including phenoxy) is 1. The van der Waals surface area contributed by atoms with E-state index in [1.807, 2.05) is 67.3 Å². The molecule has 0 bridgehead atoms. The third-order valence-corrected chi connectivity index (χ3v) is 5.01. The molecule has 1 aliphatic heterocycles. The monoisotopic (exact) mass is 382 g/mol. The standard InChI is InChI=1S/C22H30N4O2/c1-17-6-4-8-20(14-17)28-16-22(27)26-12-5-7-18(11-13-26)24-19-9-10-21(23-15-19)25(2)3/h4,6,8-10,14-15,18,24H,5,7,11-13,16H2,1-3H3/t18-/m0/s1. The number of hydrogen-bond acceptors (Lipinski definition) is 5. The third-order valence-electron chi connectivity index (χ3n) is 5.01. The molecule has 1 atom stereocenters. The van der Waals surface area contributed by atoms with Gasteiger partial charge in [-0.2, -0.15) is 0 Å². The van der Waals surface area contributed by atoms with E-state index in [9.17, 15) is 4.79 Å². The first kappa shape index (κ1) is 20.0. The fourth-order valence-electron chi connectivity index (χ4n) is 3.40. The molecule has 3 rings (SSSR count). The van der Waals surface area contributed by atoms with Crippen LogP contribution in [0.4, 0.5) is 11.5 Å². The third kappa shape index (κ3) is 5.62. The summed E-state index contributed by atoms with van der Waals surface area (Å²) in [4.78, 5) is 20.9. The van der Waals surface area contributed by atoms with Gasteiger partial charge in [0.25, 0.3) is 5.91 Å². The highest BCUT2D eigenvalue weighted by atomic mass is 16.5. The molecule has 28 heavy (non-hydrogen) atoms. The van der Waals surface area contributed by atoms with Crippen molar-refractivity contribution in [2.45, 2.75) is 32.2 Å². The molecule has 1 aromatic heterocycles. The van der Waals surface area contributed by atoms with E-state index in [1.54, 1.807) is 0 Å². The van der Waals surface area contributed by atoms with Gasteiger partial charge in [-0.1, -0.05) is 12.1 Å². The normalized spacial score (nSPS) is 17.0. The average molecular weight is 383 g/mol. The molecule has 0 aliphatic carbocycles. The zero-order chi connectivity index (χ0) is 19.9. The Balaban J connectivity index is 1.47. The van der Waals surface area contributed by atoms with Gasteiger partial charge in [-0.3, -0.25) is 4.79 Å². The molecule has 1 amide bonds. The summed E-state index contributed by atoms with van der Waals surface area (Å²) < 4.78 is 5.68. The van der Waals surface area contributed by atoms with Gasteiger partial charge in [-0.25, -0.2) is 4.98 Å². The van der Waals surface area contributed by atoms with Crippen molar-refractivity contribution in [1.29, 1.82) is 0 Å². The second kappa shape index (κ2) is 9.44. The Morgan fingerprint density at radius 2 is 2.11 bits per heavy atom. The lowest BCUT2D eigenvalue weighted by molar-refractivity contribution is -0.133. The van der Waals surface area contributed by atoms with Gasteiger partial charge in [0.2, 0.25) is 0 Å². The first-order valence-corrected chi connectivity index (χ1v) is 9.88. The van der Waals surface area contributed by atoms with Gasteiger partial charge in [0.05, 0.1) is 11.9 Å². The highest BCUT2D eigenvalue weighted by Gasteiger charge is 2.21. The van der Waals surface area contributed by atoms with Gasteiger partial charge in [0.15, 0.2) is 6.61 Å². The van der Waals surface area contributed by atoms with Crippen molar-refractivity contribution < 1.29 is 9.53 Å². The summed E-state index contributed by atoms with van der Waals surface area (Å²) in [5, 5.41) is 3.56. The van der Waals surface area contributed by atoms with Crippen molar-refractivity contribution >= 4 is 17.4 Å². The number of anilines is 2. The number of nitrogens with one attached hydrogen (secondary N) is 1. The zero-order valence-electron chi connectivity index (χ0n) is 17.0. The molecule has 2 aromatic rings. The lowest BCUT2D eigenvalue weighted by atomic mass is 10.1. The number of aromatic nitrogens is 1. The summed E-state index contributed by atoms with van der Waals surface area (Å²) in [7, 11) is 3.96. The Morgan fingerprint density at radius 3 is 2.82 bits per heavy atom. The Kier molecular flexibility index (Phi) is 6.74. The van der Waals surface area contributed by atoms with E-state index in [0.717, 1.165) is 55.2 Å². The molecule has 0 radical (unpaired) electrons. The van der Waals surface area contributed by atoms with Crippen molar-refractivity contribution in [3.8, 4) is 5.75 Å². The predicted molar refractivity (Wildman–Crippen MR) is 113 cm³/mol. The molecule has 6 heteroatoms. The van der Waals surface area contributed by atoms with E-state index in [2.05, 4.69) is 16.4 Å². The van der Waals surface area contributed by atoms with Gasteiger partial charge in [0, 0.05) is 33.2 Å². The summed E-state index contributed by atoms with van der Waals surface area (Å²) in [6.07, 6.45) is 4.82. The van der Waals surface area contributed by atoms with E-state index in [1.165, 1.54) is 0 Å². The summed E-state index contributed by atoms with van der Waals surface area (Å²) in [6, 6.07) is 12.2. The van der Waals surface area contributed by atoms with Crippen LogP contribution >= 0.6 is 0 Å². The molecule has 0 saturated carbocycles. The number of carbonyl (C=O) groups excluding carboxylic acids is 1. The largest absolute Gasteiger partial charge is 0.484 e. The summed E-state index contributed by atoms with van der Waals surface area (Å²) in [5.41, 5.74) is 2.15. The molecule has 1 aliphatic rings. The van der Waals surface area contributed by atoms with Crippen LogP contribution in [0, 0.1) is 6.92 Å². The maximum Gasteiger partial charge on any atom is 0.260 e. The molecule has 1 saturated heterocycles. The first-order chi connectivity index (χ1) is 13.5. The van der Waals surface area contributed by atoms with Crippen LogP contribution in [0.15, 0.2) is 42.6 Å². The molecule has 1 aromatic carbocycles. The van der Waals surface area contributed by atoms with Gasteiger partial charge < -0.3 is 19.9 Å². The Bertz CT molecular complexity index is 776. The van der Waals surface area contributed by atoms with Gasteiger partial charge in [-0.15, -0.1) is 0 Å². The average Bonchev–Trinajstić information content (AvgIpc) is 2.92. The Morgan fingerprint density at radius 1 is 1.25 bits per heavy atom. The van der Waals surface area contributed by atoms with Crippen molar-refractivity contribution in [3.63, 3.8) is 0 Å². The molecule has 0 unspecified atom stereocenters. The minimum Gasteiger partial charge on any atom is -0.484 e. The van der Waals surface area contributed by atoms with Crippen molar-refractivity contribution in [3.05, 3.63) is 48.2 Å². The van der Waals surface area contributed by atoms with Crippen molar-refractivity contribution in [2.24, 2.45) is 0 Å².